The first-order valence-electron chi connectivity index (χ1n) is 2.97. The summed E-state index contributed by atoms with van der Waals surface area (Å²) >= 11 is 0. The lowest BCUT2D eigenvalue weighted by Crippen LogP contribution is -2.23. The fraction of sp³-hybridized carbons (Fsp3) is 0. The maximum atomic E-state index is 8.29. The van der Waals surface area contributed by atoms with Crippen molar-refractivity contribution in [2.24, 2.45) is 15.9 Å². The Morgan fingerprint density at radius 2 is 2.55 bits per heavy atom. The highest BCUT2D eigenvalue weighted by atomic mass is 16.4. The topological polar surface area (TPSA) is 83.0 Å². The average Bonchev–Trinajstić information content (AvgIpc) is 2.30. The zero-order valence-corrected chi connectivity index (χ0v) is 5.73. The monoisotopic (exact) mass is 152 g/mol. The molecule has 1 aliphatic heterocycles. The van der Waals surface area contributed by atoms with Crippen LogP contribution in [0.3, 0.4) is 0 Å². The lowest BCUT2D eigenvalue weighted by Gasteiger charge is -2.00. The van der Waals surface area contributed by atoms with Crippen molar-refractivity contribution >= 4 is 12.1 Å². The van der Waals surface area contributed by atoms with Crippen LogP contribution in [0.25, 0.3) is 0 Å². The second kappa shape index (κ2) is 3.40. The van der Waals surface area contributed by atoms with Gasteiger partial charge in [-0.1, -0.05) is 5.16 Å². The number of oxime groups is 1. The fourth-order valence-corrected chi connectivity index (χ4v) is 0.599. The molecule has 0 saturated carbocycles. The Labute approximate surface area is 63.6 Å². The van der Waals surface area contributed by atoms with Gasteiger partial charge in [0.25, 0.3) is 0 Å². The number of hydrogen-bond donors (Lipinski definition) is 3. The van der Waals surface area contributed by atoms with Crippen LogP contribution >= 0.6 is 0 Å². The van der Waals surface area contributed by atoms with E-state index in [4.69, 9.17) is 10.9 Å². The van der Waals surface area contributed by atoms with Crippen molar-refractivity contribution in [1.82, 2.24) is 5.32 Å². The van der Waals surface area contributed by atoms with Crippen LogP contribution < -0.4 is 11.1 Å². The third kappa shape index (κ3) is 1.82. The lowest BCUT2D eigenvalue weighted by molar-refractivity contribution is 0.318. The molecular weight excluding hydrogens is 144 g/mol. The summed E-state index contributed by atoms with van der Waals surface area (Å²) in [6.07, 6.45) is 6.31. The molecule has 5 nitrogen and oxygen atoms in total. The number of hydrogen-bond acceptors (Lipinski definition) is 4. The second-order valence-corrected chi connectivity index (χ2v) is 1.82. The minimum absolute atomic E-state index is 0.0306. The quantitative estimate of drug-likeness (QED) is 0.210. The molecule has 1 heterocycles. The summed E-state index contributed by atoms with van der Waals surface area (Å²) in [6, 6.07) is 0. The van der Waals surface area contributed by atoms with E-state index < -0.39 is 0 Å². The fourth-order valence-electron chi connectivity index (χ4n) is 0.599. The third-order valence-electron chi connectivity index (χ3n) is 1.11. The number of amidine groups is 1. The van der Waals surface area contributed by atoms with E-state index in [2.05, 4.69) is 15.5 Å². The van der Waals surface area contributed by atoms with Crippen LogP contribution in [0, 0.1) is 0 Å². The zero-order chi connectivity index (χ0) is 8.10. The number of aliphatic imine (C=N–C) groups is 1. The number of rotatable bonds is 1. The number of nitrogens with one attached hydrogen (secondary N) is 1. The minimum atomic E-state index is 0.0306. The van der Waals surface area contributed by atoms with Crippen LogP contribution in [0.1, 0.15) is 0 Å². The largest absolute Gasteiger partial charge is 0.409 e. The van der Waals surface area contributed by atoms with Crippen molar-refractivity contribution in [3.05, 3.63) is 24.2 Å². The molecule has 0 atom stereocenters. The van der Waals surface area contributed by atoms with Crippen LogP contribution in [0.4, 0.5) is 0 Å². The molecular formula is C6H8N4O. The molecule has 0 aromatic heterocycles. The van der Waals surface area contributed by atoms with Crippen molar-refractivity contribution in [1.29, 1.82) is 0 Å². The van der Waals surface area contributed by atoms with Gasteiger partial charge in [0.1, 0.15) is 0 Å². The average molecular weight is 152 g/mol. The van der Waals surface area contributed by atoms with E-state index in [1.54, 1.807) is 24.7 Å². The molecule has 0 fully saturated rings. The molecule has 0 aliphatic carbocycles. The maximum absolute atomic E-state index is 8.29. The van der Waals surface area contributed by atoms with Crippen LogP contribution in [0.2, 0.25) is 0 Å². The second-order valence-electron chi connectivity index (χ2n) is 1.82. The lowest BCUT2D eigenvalue weighted by atomic mass is 10.4. The Kier molecular flexibility index (Phi) is 2.27. The molecule has 0 amide bonds. The molecule has 0 bridgehead atoms. The minimum Gasteiger partial charge on any atom is -0.409 e. The summed E-state index contributed by atoms with van der Waals surface area (Å²) in [5, 5.41) is 13.9. The number of allylic oxidation sites excluding steroid dienone is 1. The molecule has 0 saturated heterocycles. The summed E-state index contributed by atoms with van der Waals surface area (Å²) in [6.45, 7) is 0. The van der Waals surface area contributed by atoms with Crippen LogP contribution in [-0.4, -0.2) is 17.3 Å². The molecule has 0 spiro atoms. The van der Waals surface area contributed by atoms with Gasteiger partial charge in [0, 0.05) is 18.6 Å². The predicted octanol–water partition coefficient (Wildman–Crippen LogP) is -0.238. The smallest absolute Gasteiger partial charge is 0.186 e. The molecule has 1 rings (SSSR count). The molecule has 0 aromatic carbocycles. The van der Waals surface area contributed by atoms with Gasteiger partial charge >= 0.3 is 0 Å². The molecule has 11 heavy (non-hydrogen) atoms. The predicted molar refractivity (Wildman–Crippen MR) is 42.3 cm³/mol. The van der Waals surface area contributed by atoms with Gasteiger partial charge in [-0.15, -0.1) is 0 Å². The summed E-state index contributed by atoms with van der Waals surface area (Å²) in [5.41, 5.74) is 5.81. The highest BCUT2D eigenvalue weighted by Gasteiger charge is 1.99. The van der Waals surface area contributed by atoms with Gasteiger partial charge in [0.2, 0.25) is 0 Å². The van der Waals surface area contributed by atoms with Crippen molar-refractivity contribution in [3.8, 4) is 0 Å². The van der Waals surface area contributed by atoms with E-state index in [0.29, 0.717) is 5.70 Å². The molecule has 58 valence electrons. The van der Waals surface area contributed by atoms with Gasteiger partial charge in [-0.25, -0.2) is 0 Å². The van der Waals surface area contributed by atoms with Crippen molar-refractivity contribution in [3.63, 3.8) is 0 Å². The summed E-state index contributed by atoms with van der Waals surface area (Å²) in [4.78, 5) is 3.80. The van der Waals surface area contributed by atoms with Gasteiger partial charge < -0.3 is 16.3 Å². The maximum Gasteiger partial charge on any atom is 0.186 e. The standard InChI is InChI=1S/C6H8N4O/c7-6(10-11)5-1-2-8-3-4-9-5/h1-4,9,11H,(H2,7,10). The van der Waals surface area contributed by atoms with E-state index in [1.165, 1.54) is 0 Å². The van der Waals surface area contributed by atoms with Crippen molar-refractivity contribution < 1.29 is 5.21 Å². The molecule has 5 heteroatoms. The Hall–Kier alpha value is -1.78. The Bertz CT molecular complexity index is 251. The first kappa shape index (κ1) is 7.33. The van der Waals surface area contributed by atoms with Crippen LogP contribution in [0.15, 0.2) is 34.3 Å². The first-order chi connectivity index (χ1) is 5.34. The van der Waals surface area contributed by atoms with Gasteiger partial charge in [0.05, 0.1) is 5.70 Å². The Morgan fingerprint density at radius 3 is 3.27 bits per heavy atom. The SMILES string of the molecule is NC(=NO)C1=CC=NC=CN1. The van der Waals surface area contributed by atoms with E-state index in [0.717, 1.165) is 0 Å². The highest BCUT2D eigenvalue weighted by Crippen LogP contribution is 1.91. The Balaban J connectivity index is 2.80. The number of nitrogens with zero attached hydrogens (tertiary/aromatic N) is 2. The van der Waals surface area contributed by atoms with Gasteiger partial charge in [-0.05, 0) is 6.08 Å². The van der Waals surface area contributed by atoms with Gasteiger partial charge in [-0.3, -0.25) is 4.99 Å². The Morgan fingerprint density at radius 1 is 1.73 bits per heavy atom. The summed E-state index contributed by atoms with van der Waals surface area (Å²) in [5.74, 6) is 0.0306. The molecule has 1 aliphatic rings. The first-order valence-corrected chi connectivity index (χ1v) is 2.97. The third-order valence-corrected chi connectivity index (χ3v) is 1.11. The molecule has 0 unspecified atom stereocenters. The summed E-state index contributed by atoms with van der Waals surface area (Å²) in [7, 11) is 0. The molecule has 0 radical (unpaired) electrons. The normalized spacial score (nSPS) is 17.1. The number of nitrogens with two attached hydrogens (primary N) is 1. The van der Waals surface area contributed by atoms with Gasteiger partial charge in [0.15, 0.2) is 5.84 Å². The van der Waals surface area contributed by atoms with E-state index in [1.807, 2.05) is 0 Å². The van der Waals surface area contributed by atoms with E-state index in [9.17, 15) is 0 Å². The molecule has 4 N–H and O–H groups in total. The van der Waals surface area contributed by atoms with E-state index in [-0.39, 0.29) is 5.84 Å². The molecule has 0 aromatic rings. The summed E-state index contributed by atoms with van der Waals surface area (Å²) < 4.78 is 0. The van der Waals surface area contributed by atoms with Crippen LogP contribution in [-0.2, 0) is 0 Å². The van der Waals surface area contributed by atoms with Crippen molar-refractivity contribution in [2.75, 3.05) is 0 Å². The van der Waals surface area contributed by atoms with Gasteiger partial charge in [-0.2, -0.15) is 0 Å². The van der Waals surface area contributed by atoms with Crippen LogP contribution in [0.5, 0.6) is 0 Å². The zero-order valence-electron chi connectivity index (χ0n) is 5.73. The highest BCUT2D eigenvalue weighted by molar-refractivity contribution is 5.99. The van der Waals surface area contributed by atoms with E-state index >= 15 is 0 Å². The van der Waals surface area contributed by atoms with Crippen molar-refractivity contribution in [2.45, 2.75) is 0 Å².